The van der Waals surface area contributed by atoms with Gasteiger partial charge in [-0.05, 0) is 19.9 Å². The van der Waals surface area contributed by atoms with Gasteiger partial charge in [-0.25, -0.2) is 9.97 Å². The molecular formula is C8H10N2O. The third-order valence-corrected chi connectivity index (χ3v) is 1.25. The van der Waals surface area contributed by atoms with Crippen LogP contribution < -0.4 is 0 Å². The number of carbonyl (C=O) groups is 1. The summed E-state index contributed by atoms with van der Waals surface area (Å²) >= 11 is 0. The van der Waals surface area contributed by atoms with E-state index < -0.39 is 0 Å². The van der Waals surface area contributed by atoms with Crippen LogP contribution in [0.1, 0.15) is 18.4 Å². The highest BCUT2D eigenvalue weighted by Crippen LogP contribution is 1.94. The van der Waals surface area contributed by atoms with Crippen LogP contribution in [0.5, 0.6) is 0 Å². The zero-order chi connectivity index (χ0) is 8.27. The highest BCUT2D eigenvalue weighted by Gasteiger charge is 1.99. The van der Waals surface area contributed by atoms with Gasteiger partial charge in [-0.15, -0.1) is 0 Å². The van der Waals surface area contributed by atoms with Crippen molar-refractivity contribution in [2.45, 2.75) is 20.3 Å². The van der Waals surface area contributed by atoms with E-state index in [1.807, 2.05) is 13.0 Å². The molecule has 58 valence electrons. The van der Waals surface area contributed by atoms with Crippen molar-refractivity contribution in [3.05, 3.63) is 23.8 Å². The maximum absolute atomic E-state index is 10.6. The Labute approximate surface area is 65.5 Å². The van der Waals surface area contributed by atoms with E-state index in [1.54, 1.807) is 6.20 Å². The molecule has 0 aliphatic carbocycles. The topological polar surface area (TPSA) is 42.9 Å². The number of Topliss-reactive ketones (excluding diaryl/α,β-unsaturated/α-hetero) is 1. The molecule has 3 heteroatoms. The summed E-state index contributed by atoms with van der Waals surface area (Å²) < 4.78 is 0. The molecular weight excluding hydrogens is 140 g/mol. The SMILES string of the molecule is CC(=O)Cc1nccc(C)n1. The molecule has 0 saturated carbocycles. The Morgan fingerprint density at radius 1 is 1.64 bits per heavy atom. The number of carbonyl (C=O) groups excluding carboxylic acids is 1. The molecule has 0 unspecified atom stereocenters. The minimum Gasteiger partial charge on any atom is -0.300 e. The Kier molecular flexibility index (Phi) is 2.31. The Morgan fingerprint density at radius 3 is 2.91 bits per heavy atom. The maximum atomic E-state index is 10.6. The third kappa shape index (κ3) is 2.45. The Bertz CT molecular complexity index is 271. The molecule has 0 atom stereocenters. The van der Waals surface area contributed by atoms with Gasteiger partial charge in [-0.2, -0.15) is 0 Å². The van der Waals surface area contributed by atoms with Crippen LogP contribution >= 0.6 is 0 Å². The van der Waals surface area contributed by atoms with Gasteiger partial charge < -0.3 is 0 Å². The first kappa shape index (κ1) is 7.85. The van der Waals surface area contributed by atoms with Crippen LogP contribution in [0, 0.1) is 6.92 Å². The summed E-state index contributed by atoms with van der Waals surface area (Å²) in [5, 5.41) is 0. The summed E-state index contributed by atoms with van der Waals surface area (Å²) in [5.74, 6) is 0.702. The van der Waals surface area contributed by atoms with E-state index in [-0.39, 0.29) is 5.78 Å². The van der Waals surface area contributed by atoms with Gasteiger partial charge in [0.05, 0.1) is 6.42 Å². The van der Waals surface area contributed by atoms with Crippen LogP contribution in [-0.2, 0) is 11.2 Å². The molecule has 0 spiro atoms. The van der Waals surface area contributed by atoms with E-state index in [4.69, 9.17) is 0 Å². The van der Waals surface area contributed by atoms with Crippen LogP contribution in [0.3, 0.4) is 0 Å². The molecule has 0 aromatic carbocycles. The van der Waals surface area contributed by atoms with Gasteiger partial charge >= 0.3 is 0 Å². The first-order valence-corrected chi connectivity index (χ1v) is 3.46. The summed E-state index contributed by atoms with van der Waals surface area (Å²) in [6.07, 6.45) is 2.00. The van der Waals surface area contributed by atoms with Gasteiger partial charge in [-0.3, -0.25) is 4.79 Å². The van der Waals surface area contributed by atoms with Crippen molar-refractivity contribution >= 4 is 5.78 Å². The Morgan fingerprint density at radius 2 is 2.36 bits per heavy atom. The van der Waals surface area contributed by atoms with Crippen molar-refractivity contribution < 1.29 is 4.79 Å². The first-order chi connectivity index (χ1) is 5.18. The summed E-state index contributed by atoms with van der Waals surface area (Å²) in [4.78, 5) is 18.7. The zero-order valence-corrected chi connectivity index (χ0v) is 6.66. The molecule has 1 rings (SSSR count). The fourth-order valence-corrected chi connectivity index (χ4v) is 0.809. The second-order valence-electron chi connectivity index (χ2n) is 2.49. The normalized spacial score (nSPS) is 9.64. The van der Waals surface area contributed by atoms with Crippen molar-refractivity contribution in [3.8, 4) is 0 Å². The lowest BCUT2D eigenvalue weighted by molar-refractivity contribution is -0.116. The fourth-order valence-electron chi connectivity index (χ4n) is 0.809. The van der Waals surface area contributed by atoms with Gasteiger partial charge in [0, 0.05) is 11.9 Å². The average Bonchev–Trinajstić information content (AvgIpc) is 1.85. The third-order valence-electron chi connectivity index (χ3n) is 1.25. The average molecular weight is 150 g/mol. The highest BCUT2D eigenvalue weighted by atomic mass is 16.1. The molecule has 0 amide bonds. The van der Waals surface area contributed by atoms with Crippen LogP contribution in [0.4, 0.5) is 0 Å². The fraction of sp³-hybridized carbons (Fsp3) is 0.375. The maximum Gasteiger partial charge on any atom is 0.137 e. The number of rotatable bonds is 2. The predicted octanol–water partition coefficient (Wildman–Crippen LogP) is 0.917. The number of hydrogen-bond donors (Lipinski definition) is 0. The van der Waals surface area contributed by atoms with E-state index in [2.05, 4.69) is 9.97 Å². The monoisotopic (exact) mass is 150 g/mol. The molecule has 0 bridgehead atoms. The molecule has 0 aliphatic rings. The van der Waals surface area contributed by atoms with Gasteiger partial charge in [0.1, 0.15) is 11.6 Å². The van der Waals surface area contributed by atoms with Crippen LogP contribution in [0.15, 0.2) is 12.3 Å². The first-order valence-electron chi connectivity index (χ1n) is 3.46. The lowest BCUT2D eigenvalue weighted by atomic mass is 10.3. The molecule has 0 fully saturated rings. The molecule has 1 heterocycles. The minimum absolute atomic E-state index is 0.0931. The molecule has 0 N–H and O–H groups in total. The summed E-state index contributed by atoms with van der Waals surface area (Å²) in [6.45, 7) is 3.41. The van der Waals surface area contributed by atoms with E-state index in [0.717, 1.165) is 5.69 Å². The van der Waals surface area contributed by atoms with Crippen molar-refractivity contribution in [2.75, 3.05) is 0 Å². The second kappa shape index (κ2) is 3.23. The zero-order valence-electron chi connectivity index (χ0n) is 6.66. The van der Waals surface area contributed by atoms with Crippen LogP contribution in [0.25, 0.3) is 0 Å². The summed E-state index contributed by atoms with van der Waals surface area (Å²) in [5.41, 5.74) is 0.899. The molecule has 3 nitrogen and oxygen atoms in total. The number of hydrogen-bond acceptors (Lipinski definition) is 3. The van der Waals surface area contributed by atoms with Crippen molar-refractivity contribution in [2.24, 2.45) is 0 Å². The van der Waals surface area contributed by atoms with Gasteiger partial charge in [0.15, 0.2) is 0 Å². The van der Waals surface area contributed by atoms with Gasteiger partial charge in [-0.1, -0.05) is 0 Å². The van der Waals surface area contributed by atoms with E-state index in [1.165, 1.54) is 6.92 Å². The van der Waals surface area contributed by atoms with Crippen molar-refractivity contribution in [1.82, 2.24) is 9.97 Å². The molecule has 0 saturated heterocycles. The van der Waals surface area contributed by atoms with Crippen molar-refractivity contribution in [3.63, 3.8) is 0 Å². The molecule has 11 heavy (non-hydrogen) atoms. The van der Waals surface area contributed by atoms with E-state index in [0.29, 0.717) is 12.2 Å². The standard InChI is InChI=1S/C8H10N2O/c1-6-3-4-9-8(10-6)5-7(2)11/h3-4H,5H2,1-2H3. The highest BCUT2D eigenvalue weighted by molar-refractivity contribution is 5.77. The van der Waals surface area contributed by atoms with Crippen molar-refractivity contribution in [1.29, 1.82) is 0 Å². The van der Waals surface area contributed by atoms with Gasteiger partial charge in [0.2, 0.25) is 0 Å². The molecule has 0 aliphatic heterocycles. The van der Waals surface area contributed by atoms with Crippen LogP contribution in [0.2, 0.25) is 0 Å². The molecule has 0 radical (unpaired) electrons. The lowest BCUT2D eigenvalue weighted by Crippen LogP contribution is -2.02. The molecule has 1 aromatic heterocycles. The number of nitrogens with zero attached hydrogens (tertiary/aromatic N) is 2. The minimum atomic E-state index is 0.0931. The predicted molar refractivity (Wildman–Crippen MR) is 41.2 cm³/mol. The quantitative estimate of drug-likeness (QED) is 0.629. The smallest absolute Gasteiger partial charge is 0.137 e. The van der Waals surface area contributed by atoms with E-state index in [9.17, 15) is 4.79 Å². The van der Waals surface area contributed by atoms with Crippen LogP contribution in [-0.4, -0.2) is 15.8 Å². The molecule has 1 aromatic rings. The summed E-state index contributed by atoms with van der Waals surface area (Å²) in [6, 6.07) is 1.81. The summed E-state index contributed by atoms with van der Waals surface area (Å²) in [7, 11) is 0. The Balaban J connectivity index is 2.79. The number of aryl methyl sites for hydroxylation is 1. The number of ketones is 1. The number of aromatic nitrogens is 2. The van der Waals surface area contributed by atoms with Gasteiger partial charge in [0.25, 0.3) is 0 Å². The van der Waals surface area contributed by atoms with E-state index >= 15 is 0 Å². The second-order valence-corrected chi connectivity index (χ2v) is 2.49. The largest absolute Gasteiger partial charge is 0.300 e. The Hall–Kier alpha value is -1.25. The lowest BCUT2D eigenvalue weighted by Gasteiger charge is -1.95.